The first-order valence-electron chi connectivity index (χ1n) is 11.0. The van der Waals surface area contributed by atoms with E-state index in [9.17, 15) is 4.79 Å². The smallest absolute Gasteiger partial charge is 0.229 e. The molecule has 0 spiro atoms. The molecule has 0 radical (unpaired) electrons. The molecule has 1 aliphatic carbocycles. The Balaban J connectivity index is 1.88. The van der Waals surface area contributed by atoms with Gasteiger partial charge >= 0.3 is 0 Å². The molecule has 178 valence electrons. The summed E-state index contributed by atoms with van der Waals surface area (Å²) in [6.45, 7) is 2.98. The highest BCUT2D eigenvalue weighted by Gasteiger charge is 2.36. The van der Waals surface area contributed by atoms with Gasteiger partial charge in [0.25, 0.3) is 0 Å². The van der Waals surface area contributed by atoms with Crippen LogP contribution >= 0.6 is 31.9 Å². The van der Waals surface area contributed by atoms with Crippen LogP contribution in [0.25, 0.3) is 0 Å². The Kier molecular flexibility index (Phi) is 7.53. The lowest BCUT2D eigenvalue weighted by molar-refractivity contribution is -0.115. The summed E-state index contributed by atoms with van der Waals surface area (Å²) in [5.41, 5.74) is 4.90. The zero-order valence-corrected chi connectivity index (χ0v) is 22.8. The van der Waals surface area contributed by atoms with Gasteiger partial charge in [-0.2, -0.15) is 0 Å². The molecule has 1 aliphatic heterocycles. The highest BCUT2D eigenvalue weighted by molar-refractivity contribution is 9.12. The maximum Gasteiger partial charge on any atom is 0.229 e. The number of hydrogen-bond donors (Lipinski definition) is 0. The van der Waals surface area contributed by atoms with Crippen molar-refractivity contribution in [2.24, 2.45) is 0 Å². The maximum atomic E-state index is 13.6. The largest absolute Gasteiger partial charge is 0.493 e. The fourth-order valence-electron chi connectivity index (χ4n) is 4.60. The summed E-state index contributed by atoms with van der Waals surface area (Å²) in [5.74, 6) is 1.55. The van der Waals surface area contributed by atoms with Crippen molar-refractivity contribution in [2.75, 3.05) is 27.9 Å². The molecule has 2 aromatic rings. The van der Waals surface area contributed by atoms with Crippen LogP contribution in [0.3, 0.4) is 0 Å². The van der Waals surface area contributed by atoms with E-state index in [0.717, 1.165) is 38.8 Å². The third-order valence-electron chi connectivity index (χ3n) is 6.42. The van der Waals surface area contributed by atoms with Crippen LogP contribution in [-0.4, -0.2) is 38.6 Å². The number of fused-ring (bicyclic) bond motifs is 1. The SMILES string of the molecule is COC1=CC(Br)=C2CCN([C@@H](C)c3ccccc3)C(Cc3cc(OC)c(OC)cc3Br)=C2C1=O. The number of allylic oxidation sites excluding steroid dienone is 4. The van der Waals surface area contributed by atoms with Gasteiger partial charge in [0, 0.05) is 33.2 Å². The monoisotopic (exact) mass is 587 g/mol. The minimum absolute atomic E-state index is 0.0859. The predicted octanol–water partition coefficient (Wildman–Crippen LogP) is 6.49. The summed E-state index contributed by atoms with van der Waals surface area (Å²) < 4.78 is 18.2. The molecule has 2 aromatic carbocycles. The van der Waals surface area contributed by atoms with E-state index in [1.807, 2.05) is 30.3 Å². The maximum absolute atomic E-state index is 13.6. The molecule has 5 nitrogen and oxygen atoms in total. The highest BCUT2D eigenvalue weighted by Crippen LogP contribution is 2.43. The Bertz CT molecular complexity index is 1200. The number of ether oxygens (including phenoxy) is 3. The molecule has 1 atom stereocenters. The summed E-state index contributed by atoms with van der Waals surface area (Å²) in [7, 11) is 4.78. The second-order valence-electron chi connectivity index (χ2n) is 8.20. The number of benzene rings is 2. The fourth-order valence-corrected chi connectivity index (χ4v) is 5.67. The zero-order chi connectivity index (χ0) is 24.4. The van der Waals surface area contributed by atoms with E-state index >= 15 is 0 Å². The number of Topliss-reactive ketones (excluding diaryl/α,β-unsaturated/α-hetero) is 1. The molecule has 1 heterocycles. The normalized spacial score (nSPS) is 16.8. The van der Waals surface area contributed by atoms with Crippen LogP contribution in [-0.2, 0) is 16.0 Å². The van der Waals surface area contributed by atoms with Crippen molar-refractivity contribution in [3.05, 3.63) is 91.2 Å². The van der Waals surface area contributed by atoms with Crippen molar-refractivity contribution in [1.29, 1.82) is 0 Å². The molecule has 7 heteroatoms. The second kappa shape index (κ2) is 10.4. The molecule has 0 saturated heterocycles. The second-order valence-corrected chi connectivity index (χ2v) is 9.90. The average Bonchev–Trinajstić information content (AvgIpc) is 2.86. The standard InChI is InChI=1S/C27H27Br2NO4/c1-16(17-8-6-5-7-9-17)30-11-10-19-21(29)15-25(34-4)27(31)26(19)22(30)12-18-13-23(32-2)24(33-3)14-20(18)28/h5-9,13-16H,10-12H2,1-4H3/t16-/m0/s1. The summed E-state index contributed by atoms with van der Waals surface area (Å²) >= 11 is 7.38. The van der Waals surface area contributed by atoms with Crippen molar-refractivity contribution >= 4 is 37.6 Å². The lowest BCUT2D eigenvalue weighted by Gasteiger charge is -2.40. The van der Waals surface area contributed by atoms with Crippen LogP contribution < -0.4 is 9.47 Å². The first-order valence-corrected chi connectivity index (χ1v) is 12.6. The van der Waals surface area contributed by atoms with E-state index in [2.05, 4.69) is 55.8 Å². The lowest BCUT2D eigenvalue weighted by atomic mass is 9.85. The van der Waals surface area contributed by atoms with Gasteiger partial charge in [-0.25, -0.2) is 0 Å². The van der Waals surface area contributed by atoms with Crippen molar-refractivity contribution in [1.82, 2.24) is 4.90 Å². The molecule has 34 heavy (non-hydrogen) atoms. The Morgan fingerprint density at radius 2 is 1.68 bits per heavy atom. The molecular formula is C27H27Br2NO4. The van der Waals surface area contributed by atoms with E-state index in [1.54, 1.807) is 20.3 Å². The average molecular weight is 589 g/mol. The molecule has 0 N–H and O–H groups in total. The van der Waals surface area contributed by atoms with Crippen molar-refractivity contribution < 1.29 is 19.0 Å². The number of nitrogens with zero attached hydrogens (tertiary/aromatic N) is 1. The molecular weight excluding hydrogens is 562 g/mol. The Morgan fingerprint density at radius 1 is 1.00 bits per heavy atom. The molecule has 4 rings (SSSR count). The topological polar surface area (TPSA) is 48.0 Å². The zero-order valence-electron chi connectivity index (χ0n) is 19.7. The number of methoxy groups -OCH3 is 3. The minimum Gasteiger partial charge on any atom is -0.493 e. The molecule has 0 saturated carbocycles. The van der Waals surface area contributed by atoms with E-state index in [0.29, 0.717) is 29.3 Å². The molecule has 0 amide bonds. The third-order valence-corrected chi connectivity index (χ3v) is 7.86. The van der Waals surface area contributed by atoms with E-state index in [1.165, 1.54) is 12.7 Å². The van der Waals surface area contributed by atoms with Crippen molar-refractivity contribution in [2.45, 2.75) is 25.8 Å². The van der Waals surface area contributed by atoms with Gasteiger partial charge in [-0.3, -0.25) is 4.79 Å². The van der Waals surface area contributed by atoms with Crippen LogP contribution in [0.5, 0.6) is 11.5 Å². The molecule has 2 aliphatic rings. The van der Waals surface area contributed by atoms with Crippen LogP contribution in [0.4, 0.5) is 0 Å². The number of hydrogen-bond acceptors (Lipinski definition) is 5. The van der Waals surface area contributed by atoms with Gasteiger partial charge in [-0.1, -0.05) is 62.2 Å². The van der Waals surface area contributed by atoms with Crippen molar-refractivity contribution in [3.63, 3.8) is 0 Å². The van der Waals surface area contributed by atoms with E-state index in [4.69, 9.17) is 14.2 Å². The first-order chi connectivity index (χ1) is 16.4. The van der Waals surface area contributed by atoms with E-state index < -0.39 is 0 Å². The predicted molar refractivity (Wildman–Crippen MR) is 140 cm³/mol. The highest BCUT2D eigenvalue weighted by atomic mass is 79.9. The van der Waals surface area contributed by atoms with Gasteiger partial charge in [0.1, 0.15) is 0 Å². The summed E-state index contributed by atoms with van der Waals surface area (Å²) in [6, 6.07) is 14.3. The molecule has 0 unspecified atom stereocenters. The van der Waals surface area contributed by atoms with Crippen LogP contribution in [0.2, 0.25) is 0 Å². The van der Waals surface area contributed by atoms with E-state index in [-0.39, 0.29) is 11.8 Å². The number of halogens is 2. The molecule has 0 aromatic heterocycles. The summed E-state index contributed by atoms with van der Waals surface area (Å²) in [5, 5.41) is 0. The third kappa shape index (κ3) is 4.56. The summed E-state index contributed by atoms with van der Waals surface area (Å²) in [6.07, 6.45) is 3.09. The molecule has 0 bridgehead atoms. The lowest BCUT2D eigenvalue weighted by Crippen LogP contribution is -2.36. The van der Waals surface area contributed by atoms with Gasteiger partial charge in [-0.15, -0.1) is 0 Å². The van der Waals surface area contributed by atoms with Crippen LogP contribution in [0.1, 0.15) is 30.5 Å². The van der Waals surface area contributed by atoms with Crippen molar-refractivity contribution in [3.8, 4) is 11.5 Å². The van der Waals surface area contributed by atoms with Gasteiger partial charge < -0.3 is 19.1 Å². The Morgan fingerprint density at radius 3 is 2.32 bits per heavy atom. The number of carbonyl (C=O) groups is 1. The number of ketones is 1. The number of carbonyl (C=O) groups excluding carboxylic acids is 1. The fraction of sp³-hybridized carbons (Fsp3) is 0.296. The van der Waals surface area contributed by atoms with Gasteiger partial charge in [0.15, 0.2) is 17.3 Å². The van der Waals surface area contributed by atoms with Crippen LogP contribution in [0.15, 0.2) is 80.1 Å². The van der Waals surface area contributed by atoms with Gasteiger partial charge in [0.05, 0.1) is 27.4 Å². The van der Waals surface area contributed by atoms with Gasteiger partial charge in [-0.05, 0) is 48.3 Å². The first kappa shape index (κ1) is 24.6. The quantitative estimate of drug-likeness (QED) is 0.370. The minimum atomic E-state index is -0.0859. The van der Waals surface area contributed by atoms with Crippen LogP contribution in [0, 0.1) is 0 Å². The van der Waals surface area contributed by atoms with Gasteiger partial charge in [0.2, 0.25) is 5.78 Å². The Hall–Kier alpha value is -2.51. The Labute approximate surface area is 217 Å². The molecule has 0 fully saturated rings. The summed E-state index contributed by atoms with van der Waals surface area (Å²) in [4.78, 5) is 15.9. The number of rotatable bonds is 7.